The quantitative estimate of drug-likeness (QED) is 0.120. The molecular formula is C101H65Br3N10. The first-order chi connectivity index (χ1) is 56.2. The van der Waals surface area contributed by atoms with Crippen molar-refractivity contribution >= 4 is 113 Å². The summed E-state index contributed by atoms with van der Waals surface area (Å²) in [5.74, 6) is 1.42. The summed E-state index contributed by atoms with van der Waals surface area (Å²) in [6, 6.07) is 132. The van der Waals surface area contributed by atoms with Gasteiger partial charge in [0.15, 0.2) is 11.6 Å². The van der Waals surface area contributed by atoms with Crippen molar-refractivity contribution in [3.05, 3.63) is 408 Å². The van der Waals surface area contributed by atoms with Crippen molar-refractivity contribution in [2.24, 2.45) is 0 Å². The Morgan fingerprint density at radius 2 is 0.500 bits per heavy atom. The van der Waals surface area contributed by atoms with Crippen molar-refractivity contribution in [2.45, 2.75) is 0 Å². The van der Waals surface area contributed by atoms with Gasteiger partial charge in [0.2, 0.25) is 0 Å². The average Bonchev–Trinajstić information content (AvgIpc) is 1.60. The summed E-state index contributed by atoms with van der Waals surface area (Å²) in [6.45, 7) is 0. The van der Waals surface area contributed by atoms with Gasteiger partial charge in [0.1, 0.15) is 0 Å². The molecule has 0 N–H and O–H groups in total. The number of pyridine rings is 3. The van der Waals surface area contributed by atoms with Crippen LogP contribution in [0.15, 0.2) is 408 Å². The minimum atomic E-state index is 0.703. The SMILES string of the molecule is Brc1ccc2c3ccccc3n(-c3ccc(-c4cc(-c5ccccc5)nc(-c5ccccc5)n4)cc3)c2c1.Brc1ccc2c3ccccc3n(-c3ccc(-c4cc(-c5ccccn5)nc(-c5ccccn5)c4)cc3)c2c1.Brc1ccc2c3ccccc3n(-c3cccc(-c4nc(-c5ccccc5)cc(-c5ccccc5)n4)c3)c2c1. The normalized spacial score (nSPS) is 11.3. The van der Waals surface area contributed by atoms with Crippen molar-refractivity contribution in [1.29, 1.82) is 0 Å². The maximum Gasteiger partial charge on any atom is 0.160 e. The smallest absolute Gasteiger partial charge is 0.160 e. The molecule has 0 radical (unpaired) electrons. The van der Waals surface area contributed by atoms with E-state index in [1.165, 1.54) is 59.9 Å². The predicted octanol–water partition coefficient (Wildman–Crippen LogP) is 27.4. The van der Waals surface area contributed by atoms with Crippen molar-refractivity contribution in [3.8, 4) is 119 Å². The maximum absolute atomic E-state index is 5.03. The first kappa shape index (κ1) is 70.7. The van der Waals surface area contributed by atoms with Gasteiger partial charge in [0.25, 0.3) is 0 Å². The first-order valence-corrected chi connectivity index (χ1v) is 39.8. The molecule has 0 bridgehead atoms. The van der Waals surface area contributed by atoms with Crippen LogP contribution >= 0.6 is 47.8 Å². The van der Waals surface area contributed by atoms with Gasteiger partial charge in [-0.15, -0.1) is 0 Å². The number of hydrogen-bond donors (Lipinski definition) is 0. The summed E-state index contributed by atoms with van der Waals surface area (Å²) >= 11 is 11.0. The molecule has 8 heterocycles. The van der Waals surface area contributed by atoms with Gasteiger partial charge in [-0.3, -0.25) is 9.97 Å². The van der Waals surface area contributed by atoms with Gasteiger partial charge < -0.3 is 13.7 Å². The van der Waals surface area contributed by atoms with Gasteiger partial charge in [-0.25, -0.2) is 24.9 Å². The van der Waals surface area contributed by atoms with Crippen molar-refractivity contribution in [2.75, 3.05) is 0 Å². The number of benzene rings is 13. The number of halogens is 3. The van der Waals surface area contributed by atoms with Gasteiger partial charge in [-0.05, 0) is 151 Å². The molecule has 21 rings (SSSR count). The molecule has 10 nitrogen and oxygen atoms in total. The van der Waals surface area contributed by atoms with Crippen molar-refractivity contribution < 1.29 is 0 Å². The van der Waals surface area contributed by atoms with Crippen molar-refractivity contribution in [1.82, 2.24) is 48.6 Å². The highest BCUT2D eigenvalue weighted by atomic mass is 79.9. The topological polar surface area (TPSA) is 105 Å². The molecule has 13 aromatic carbocycles. The Kier molecular flexibility index (Phi) is 19.4. The Balaban J connectivity index is 0.000000115. The standard InChI is InChI=1S/2C34H22BrN3.C33H21BrN4/c35-26-18-19-29-28-16-7-8-17-32(28)38(33(29)21-26)27-15-9-14-25(20-27)34-36-30(23-10-3-1-4-11-23)22-31(37-34)24-12-5-2-6-13-24;35-26-17-20-29-28-13-7-8-14-32(28)38(33(29)21-26)27-18-15-24(16-19-27)31-22-30(23-9-3-1-4-10-23)36-34(37-31)25-11-5-2-6-12-25;34-24-13-16-27-26-7-1-2-10-32(26)38(33(27)21-24)25-14-11-22(12-15-25)23-19-30(28-8-3-5-17-35-28)37-31(20-23)29-9-4-6-18-36-29/h2*1-22H;1-21H. The van der Waals surface area contributed by atoms with E-state index >= 15 is 0 Å². The van der Waals surface area contributed by atoms with E-state index in [0.717, 1.165) is 132 Å². The molecule has 0 aliphatic rings. The minimum Gasteiger partial charge on any atom is -0.309 e. The summed E-state index contributed by atoms with van der Waals surface area (Å²) in [6.07, 6.45) is 3.59. The van der Waals surface area contributed by atoms with Gasteiger partial charge in [0, 0.05) is 109 Å². The van der Waals surface area contributed by atoms with E-state index in [1.54, 1.807) is 12.4 Å². The van der Waals surface area contributed by atoms with Crippen molar-refractivity contribution in [3.63, 3.8) is 0 Å². The van der Waals surface area contributed by atoms with Gasteiger partial charge >= 0.3 is 0 Å². The lowest BCUT2D eigenvalue weighted by molar-refractivity contribution is 1.16. The molecule has 0 fully saturated rings. The molecule has 8 aromatic heterocycles. The number of aromatic nitrogens is 10. The fraction of sp³-hybridized carbons (Fsp3) is 0. The Hall–Kier alpha value is -13.7. The molecule has 0 spiro atoms. The molecular weight excluding hydrogens is 1590 g/mol. The maximum atomic E-state index is 5.03. The fourth-order valence-electron chi connectivity index (χ4n) is 15.2. The molecule has 114 heavy (non-hydrogen) atoms. The van der Waals surface area contributed by atoms with Gasteiger partial charge in [-0.2, -0.15) is 0 Å². The number of rotatable bonds is 12. The van der Waals surface area contributed by atoms with Gasteiger partial charge in [-0.1, -0.05) is 290 Å². The molecule has 540 valence electrons. The summed E-state index contributed by atoms with van der Waals surface area (Å²) < 4.78 is 10.1. The molecule has 21 aromatic rings. The van der Waals surface area contributed by atoms with E-state index in [-0.39, 0.29) is 0 Å². The zero-order valence-corrected chi connectivity index (χ0v) is 65.9. The van der Waals surface area contributed by atoms with Crippen LogP contribution in [0.25, 0.3) is 184 Å². The second kappa shape index (κ2) is 31.2. The Morgan fingerprint density at radius 1 is 0.175 bits per heavy atom. The number of para-hydroxylation sites is 3. The average molecular weight is 1660 g/mol. The van der Waals surface area contributed by atoms with Crippen LogP contribution in [0.5, 0.6) is 0 Å². The monoisotopic (exact) mass is 1650 g/mol. The first-order valence-electron chi connectivity index (χ1n) is 37.5. The lowest BCUT2D eigenvalue weighted by atomic mass is 10.0. The van der Waals surface area contributed by atoms with E-state index in [4.69, 9.17) is 24.9 Å². The summed E-state index contributed by atoms with van der Waals surface area (Å²) in [4.78, 5) is 33.9. The molecule has 0 atom stereocenters. The fourth-order valence-corrected chi connectivity index (χ4v) is 16.2. The molecule has 0 saturated heterocycles. The highest BCUT2D eigenvalue weighted by Crippen LogP contribution is 2.40. The predicted molar refractivity (Wildman–Crippen MR) is 479 cm³/mol. The number of fused-ring (bicyclic) bond motifs is 9. The highest BCUT2D eigenvalue weighted by molar-refractivity contribution is 9.11. The molecule has 0 saturated carbocycles. The van der Waals surface area contributed by atoms with E-state index < -0.39 is 0 Å². The van der Waals surface area contributed by atoms with Crippen LogP contribution < -0.4 is 0 Å². The van der Waals surface area contributed by atoms with E-state index in [1.807, 2.05) is 109 Å². The lowest BCUT2D eigenvalue weighted by Crippen LogP contribution is -1.98. The van der Waals surface area contributed by atoms with Crippen LogP contribution in [0.4, 0.5) is 0 Å². The van der Waals surface area contributed by atoms with E-state index in [0.29, 0.717) is 5.82 Å². The molecule has 0 aliphatic carbocycles. The Labute approximate surface area is 683 Å². The van der Waals surface area contributed by atoms with Crippen LogP contribution in [0.3, 0.4) is 0 Å². The third-order valence-electron chi connectivity index (χ3n) is 20.5. The minimum absolute atomic E-state index is 0.703. The number of nitrogens with zero attached hydrogens (tertiary/aromatic N) is 10. The summed E-state index contributed by atoms with van der Waals surface area (Å²) in [5, 5.41) is 7.42. The van der Waals surface area contributed by atoms with Crippen LogP contribution in [0.2, 0.25) is 0 Å². The molecule has 0 unspecified atom stereocenters. The van der Waals surface area contributed by atoms with Crippen LogP contribution in [-0.4, -0.2) is 48.6 Å². The second-order valence-electron chi connectivity index (χ2n) is 27.6. The Morgan fingerprint density at radius 3 is 0.895 bits per heavy atom. The van der Waals surface area contributed by atoms with Crippen LogP contribution in [0, 0.1) is 0 Å². The summed E-state index contributed by atoms with van der Waals surface area (Å²) in [5.41, 5.74) is 25.6. The third-order valence-corrected chi connectivity index (χ3v) is 22.0. The van der Waals surface area contributed by atoms with E-state index in [9.17, 15) is 0 Å². The lowest BCUT2D eigenvalue weighted by Gasteiger charge is -2.12. The largest absolute Gasteiger partial charge is 0.309 e. The zero-order chi connectivity index (χ0) is 76.4. The third kappa shape index (κ3) is 14.2. The molecule has 0 aliphatic heterocycles. The van der Waals surface area contributed by atoms with Gasteiger partial charge in [0.05, 0.1) is 78.7 Å². The van der Waals surface area contributed by atoms with E-state index in [2.05, 4.69) is 344 Å². The molecule has 0 amide bonds. The van der Waals surface area contributed by atoms with Crippen LogP contribution in [0.1, 0.15) is 0 Å². The highest BCUT2D eigenvalue weighted by Gasteiger charge is 2.20. The van der Waals surface area contributed by atoms with Crippen LogP contribution in [-0.2, 0) is 0 Å². The second-order valence-corrected chi connectivity index (χ2v) is 30.4. The molecule has 13 heteroatoms. The zero-order valence-electron chi connectivity index (χ0n) is 61.1. The number of hydrogen-bond acceptors (Lipinski definition) is 7. The summed E-state index contributed by atoms with van der Waals surface area (Å²) in [7, 11) is 0. The Bertz CT molecular complexity index is 6640.